The maximum absolute atomic E-state index is 14.4. The van der Waals surface area contributed by atoms with Crippen LogP contribution in [0.1, 0.15) is 196 Å². The number of ether oxygens (including phenoxy) is 2. The summed E-state index contributed by atoms with van der Waals surface area (Å²) in [5.41, 5.74) is 18.5. The summed E-state index contributed by atoms with van der Waals surface area (Å²) in [6.45, 7) is 22.4. The second-order valence-electron chi connectivity index (χ2n) is 27.2. The first kappa shape index (κ1) is 63.0. The van der Waals surface area contributed by atoms with Crippen molar-refractivity contribution in [2.75, 3.05) is 24.7 Å². The molecule has 9 nitrogen and oxygen atoms in total. The largest absolute Gasteiger partial charge is 0.506 e. The van der Waals surface area contributed by atoms with Gasteiger partial charge in [0.25, 0.3) is 0 Å². The number of nitrogens with zero attached hydrogens (tertiary/aromatic N) is 3. The smallest absolute Gasteiger partial charge is 0.335 e. The molecule has 2 aromatic heterocycles. The number of carboxylic acids is 1. The Hall–Kier alpha value is -8.21. The van der Waals surface area contributed by atoms with Gasteiger partial charge >= 0.3 is 5.97 Å². The minimum Gasteiger partial charge on any atom is -0.506 e. The molecule has 0 saturated carbocycles. The maximum Gasteiger partial charge on any atom is 0.335 e. The van der Waals surface area contributed by atoms with Gasteiger partial charge in [0.2, 0.25) is 11.5 Å². The number of carbonyl (C=O) groups is 2. The number of hydrogen-bond donors (Lipinski definition) is 2. The molecule has 8 aromatic rings. The molecule has 3 heterocycles. The number of ketones is 1. The van der Waals surface area contributed by atoms with Crippen LogP contribution in [-0.2, 0) is 28.1 Å². The highest BCUT2D eigenvalue weighted by Gasteiger charge is 2.48. The molecule has 0 radical (unpaired) electrons. The summed E-state index contributed by atoms with van der Waals surface area (Å²) < 4.78 is 17.0. The number of fused-ring (bicyclic) bond motifs is 7. The Morgan fingerprint density at radius 2 is 1.03 bits per heavy atom. The van der Waals surface area contributed by atoms with Gasteiger partial charge < -0.3 is 29.2 Å². The van der Waals surface area contributed by atoms with E-state index < -0.39 is 11.4 Å². The van der Waals surface area contributed by atoms with Crippen molar-refractivity contribution in [3.05, 3.63) is 196 Å². The Morgan fingerprint density at radius 3 is 1.58 bits per heavy atom. The third-order valence-corrected chi connectivity index (χ3v) is 21.2. The summed E-state index contributed by atoms with van der Waals surface area (Å²) in [6.07, 6.45) is 18.0. The molecule has 10 heteroatoms. The number of carboxylic acid groups (broad SMARTS) is 1. The number of aromatic carboxylic acids is 1. The Labute approximate surface area is 543 Å². The standard InChI is InChI=1S/C81H89N3O6S/c1-11-14-17-20-21-22-43-83-69-38-27-53(78(87)88)46-68(69)81(8,9)74(83)51-63-76(85)75(77(63)86)71-40-39-70(82(71)10)73-42-41-72(91-73)52-25-28-54(29-26-52)84(55-30-34-59-61-36-32-57(89-44-23-18-15-12-2)49-66(61)79(4,5)64(59)47-55)56-31-35-60-62-37-33-58(90-45-24-19-16-13-3)50-67(62)80(6,7)65(60)48-56/h25-42,46-51H,11-24,43-45H2,1-10H3,(H-,85,86,87,88)/p+1. The van der Waals surface area contributed by atoms with Gasteiger partial charge in [-0.05, 0) is 180 Å². The van der Waals surface area contributed by atoms with E-state index in [1.807, 2.05) is 35.9 Å². The van der Waals surface area contributed by atoms with Crippen molar-refractivity contribution < 1.29 is 33.9 Å². The van der Waals surface area contributed by atoms with Crippen molar-refractivity contribution in [1.29, 1.82) is 0 Å². The summed E-state index contributed by atoms with van der Waals surface area (Å²) in [5, 5.41) is 21.8. The average molecular weight is 1230 g/mol. The first-order valence-corrected chi connectivity index (χ1v) is 34.4. The van der Waals surface area contributed by atoms with Crippen molar-refractivity contribution in [3.63, 3.8) is 0 Å². The molecule has 0 bridgehead atoms. The lowest BCUT2D eigenvalue weighted by Crippen LogP contribution is -2.31. The lowest BCUT2D eigenvalue weighted by molar-refractivity contribution is -0.438. The van der Waals surface area contributed by atoms with E-state index in [1.54, 1.807) is 23.5 Å². The zero-order valence-electron chi connectivity index (χ0n) is 55.2. The number of rotatable bonds is 27. The third kappa shape index (κ3) is 11.7. The lowest BCUT2D eigenvalue weighted by atomic mass is 9.78. The highest BCUT2D eigenvalue weighted by molar-refractivity contribution is 7.18. The van der Waals surface area contributed by atoms with Crippen LogP contribution >= 0.6 is 11.3 Å². The van der Waals surface area contributed by atoms with E-state index in [4.69, 9.17) is 9.47 Å². The second kappa shape index (κ2) is 25.8. The number of aliphatic hydroxyl groups excluding tert-OH is 1. The van der Waals surface area contributed by atoms with E-state index in [2.05, 4.69) is 181 Å². The first-order valence-electron chi connectivity index (χ1n) is 33.6. The highest BCUT2D eigenvalue weighted by Crippen LogP contribution is 2.55. The van der Waals surface area contributed by atoms with Gasteiger partial charge in [-0.3, -0.25) is 4.79 Å². The van der Waals surface area contributed by atoms with Crippen LogP contribution in [0.5, 0.6) is 11.5 Å². The van der Waals surface area contributed by atoms with Crippen LogP contribution in [-0.4, -0.2) is 56.6 Å². The fourth-order valence-electron chi connectivity index (χ4n) is 14.7. The quantitative estimate of drug-likeness (QED) is 0.0300. The van der Waals surface area contributed by atoms with E-state index in [0.29, 0.717) is 11.3 Å². The van der Waals surface area contributed by atoms with Gasteiger partial charge in [0.05, 0.1) is 51.6 Å². The van der Waals surface area contributed by atoms with Crippen molar-refractivity contribution >= 4 is 57.1 Å². The number of carbonyl (C=O) groups excluding carboxylic acids is 1. The van der Waals surface area contributed by atoms with Crippen molar-refractivity contribution in [3.8, 4) is 54.8 Å². The molecule has 3 aliphatic carbocycles. The number of allylic oxidation sites excluding steroid dienone is 3. The lowest BCUT2D eigenvalue weighted by Gasteiger charge is -2.30. The number of benzene rings is 6. The topological polar surface area (TPSA) is 104 Å². The van der Waals surface area contributed by atoms with Gasteiger partial charge in [0.1, 0.15) is 23.8 Å². The molecule has 470 valence electrons. The number of anilines is 3. The van der Waals surface area contributed by atoms with Crippen molar-refractivity contribution in [1.82, 2.24) is 4.57 Å². The first-order chi connectivity index (χ1) is 43.9. The van der Waals surface area contributed by atoms with Crippen LogP contribution in [0.3, 0.4) is 0 Å². The number of aliphatic hydroxyl groups is 1. The Balaban J connectivity index is 0.835. The summed E-state index contributed by atoms with van der Waals surface area (Å²) in [5.74, 6) is 0.664. The van der Waals surface area contributed by atoms with Gasteiger partial charge in [-0.25, -0.2) is 4.79 Å². The van der Waals surface area contributed by atoms with Gasteiger partial charge in [0.15, 0.2) is 5.71 Å². The summed E-state index contributed by atoms with van der Waals surface area (Å²) in [6, 6.07) is 49.9. The van der Waals surface area contributed by atoms with E-state index in [0.717, 1.165) is 118 Å². The highest BCUT2D eigenvalue weighted by atomic mass is 32.1. The fourth-order valence-corrected chi connectivity index (χ4v) is 15.7. The maximum atomic E-state index is 14.4. The predicted octanol–water partition coefficient (Wildman–Crippen LogP) is 21.3. The van der Waals surface area contributed by atoms with E-state index in [9.17, 15) is 19.8 Å². The normalized spacial score (nSPS) is 15.8. The Kier molecular flexibility index (Phi) is 17.9. The fraction of sp³-hybridized carbons (Fsp3) is 0.370. The molecule has 12 rings (SSSR count). The molecule has 0 unspecified atom stereocenters. The molecule has 91 heavy (non-hydrogen) atoms. The van der Waals surface area contributed by atoms with Crippen molar-refractivity contribution in [2.24, 2.45) is 7.05 Å². The molecule has 1 aliphatic heterocycles. The molecular formula is C81H90N3O6S+. The molecule has 0 saturated heterocycles. The van der Waals surface area contributed by atoms with Crippen LogP contribution in [0.4, 0.5) is 22.7 Å². The van der Waals surface area contributed by atoms with Crippen LogP contribution in [0.15, 0.2) is 157 Å². The van der Waals surface area contributed by atoms with E-state index in [-0.39, 0.29) is 33.5 Å². The number of aromatic nitrogens is 1. The monoisotopic (exact) mass is 1230 g/mol. The number of hydrogen-bond acceptors (Lipinski definition) is 7. The van der Waals surface area contributed by atoms with Gasteiger partial charge in [-0.2, -0.15) is 4.58 Å². The zero-order valence-corrected chi connectivity index (χ0v) is 56.0. The van der Waals surface area contributed by atoms with E-state index >= 15 is 0 Å². The molecular weight excluding hydrogens is 1140 g/mol. The SMILES string of the molecule is CCCCCCCC[N+]1=C(/C=C2/C(=O)C(c3ccc(-c4ccc(-c5ccc(N(c6ccc7c(c6)C(C)(C)c6cc(OCCCCCC)ccc6-7)c6ccc7c(c6)C(C)(C)c6cc(OCCCCCC)ccc6-7)cc5)s4)n3C)=C2O)C(C)(C)c2cc(C(=O)O)ccc21. The van der Waals surface area contributed by atoms with Gasteiger partial charge in [0, 0.05) is 63.9 Å². The van der Waals surface area contributed by atoms with Crippen LogP contribution < -0.4 is 14.4 Å². The minimum absolute atomic E-state index is 0.0221. The molecule has 0 amide bonds. The van der Waals surface area contributed by atoms with Crippen LogP contribution in [0.2, 0.25) is 0 Å². The molecule has 4 aliphatic rings. The van der Waals surface area contributed by atoms with Crippen molar-refractivity contribution in [2.45, 2.75) is 168 Å². The predicted molar refractivity (Wildman–Crippen MR) is 375 cm³/mol. The Bertz CT molecular complexity index is 4080. The second-order valence-corrected chi connectivity index (χ2v) is 28.3. The van der Waals surface area contributed by atoms with Gasteiger partial charge in [-0.15, -0.1) is 11.3 Å². The van der Waals surface area contributed by atoms with Crippen LogP contribution in [0, 0.1) is 0 Å². The number of unbranched alkanes of at least 4 members (excludes halogenated alkanes) is 11. The average Bonchev–Trinajstić information content (AvgIpc) is 1.65. The molecule has 2 N–H and O–H groups in total. The summed E-state index contributed by atoms with van der Waals surface area (Å²) >= 11 is 1.70. The molecule has 0 spiro atoms. The number of thiophene rings is 1. The van der Waals surface area contributed by atoms with Crippen LogP contribution in [0.25, 0.3) is 48.8 Å². The summed E-state index contributed by atoms with van der Waals surface area (Å²) in [4.78, 5) is 31.1. The third-order valence-electron chi connectivity index (χ3n) is 20.1. The van der Waals surface area contributed by atoms with E-state index in [1.165, 1.54) is 102 Å². The summed E-state index contributed by atoms with van der Waals surface area (Å²) in [7, 11) is 1.96. The Morgan fingerprint density at radius 1 is 0.538 bits per heavy atom. The zero-order chi connectivity index (χ0) is 63.9. The number of Topliss-reactive ketones (excluding diaryl/α,β-unsaturated/α-hetero) is 1. The molecule has 0 atom stereocenters. The molecule has 6 aromatic carbocycles. The molecule has 0 fully saturated rings. The minimum atomic E-state index is -0.975. The van der Waals surface area contributed by atoms with Gasteiger partial charge in [-0.1, -0.05) is 149 Å².